The van der Waals surface area contributed by atoms with Gasteiger partial charge in [-0.1, -0.05) is 11.6 Å². The van der Waals surface area contributed by atoms with Crippen molar-refractivity contribution in [3.8, 4) is 5.75 Å². The highest BCUT2D eigenvalue weighted by molar-refractivity contribution is 6.36. The first-order chi connectivity index (χ1) is 15.8. The number of rotatable bonds is 4. The number of amides is 1. The molecule has 4 rings (SSSR count). The maximum Gasteiger partial charge on any atom is 0.573 e. The predicted octanol–water partition coefficient (Wildman–Crippen LogP) is 5.97. The number of carbonyl (C=O) groups is 1. The first kappa shape index (κ1) is 23.8. The van der Waals surface area contributed by atoms with Crippen LogP contribution < -0.4 is 15.0 Å². The number of alkyl halides is 6. The number of fused-ring (bicyclic) bond motifs is 1. The number of nitrogens with one attached hydrogen (secondary N) is 1. The molecule has 1 N–H and O–H groups in total. The fourth-order valence-corrected chi connectivity index (χ4v) is 3.81. The molecule has 3 aromatic rings. The number of nitrogens with zero attached hydrogens (tertiary/aromatic N) is 3. The van der Waals surface area contributed by atoms with Crippen LogP contribution >= 0.6 is 11.6 Å². The minimum atomic E-state index is -4.89. The van der Waals surface area contributed by atoms with E-state index < -0.39 is 48.4 Å². The van der Waals surface area contributed by atoms with Crippen molar-refractivity contribution in [2.75, 3.05) is 17.3 Å². The van der Waals surface area contributed by atoms with E-state index in [1.165, 1.54) is 37.6 Å². The van der Waals surface area contributed by atoms with Crippen molar-refractivity contribution in [1.82, 2.24) is 9.78 Å². The van der Waals surface area contributed by atoms with Gasteiger partial charge in [0.25, 0.3) is 5.91 Å². The third-order valence-corrected chi connectivity index (χ3v) is 5.51. The lowest BCUT2D eigenvalue weighted by molar-refractivity contribution is -0.274. The lowest BCUT2D eigenvalue weighted by Crippen LogP contribution is -2.35. The van der Waals surface area contributed by atoms with Crippen molar-refractivity contribution < 1.29 is 40.3 Å². The van der Waals surface area contributed by atoms with Gasteiger partial charge >= 0.3 is 12.5 Å². The largest absolute Gasteiger partial charge is 0.573 e. The van der Waals surface area contributed by atoms with E-state index >= 15 is 0 Å². The zero-order chi connectivity index (χ0) is 24.8. The maximum absolute atomic E-state index is 13.8. The second-order valence-corrected chi connectivity index (χ2v) is 7.75. The number of carbonyl (C=O) groups excluding carboxylic acids is 1. The standard InChI is InChI=1S/C20H15ClF6N4O3/c1-30(10-4-6-11(7-5-10)34-20(25,26)27)18(32)16-15(21)17-28-12(13-3-2-8-33-13)9-14(19(22,23)24)31(17)29-16/h2-8,12,14,28H,9H2,1H3/t12-,14+/m1/s1. The third-order valence-electron chi connectivity index (χ3n) is 5.15. The number of anilines is 2. The van der Waals surface area contributed by atoms with Crippen LogP contribution in [-0.4, -0.2) is 35.3 Å². The average molecular weight is 509 g/mol. The van der Waals surface area contributed by atoms with Gasteiger partial charge in [-0.3, -0.25) is 4.79 Å². The first-order valence-corrected chi connectivity index (χ1v) is 10.0. The van der Waals surface area contributed by atoms with Crippen molar-refractivity contribution in [1.29, 1.82) is 0 Å². The van der Waals surface area contributed by atoms with Crippen molar-refractivity contribution in [3.63, 3.8) is 0 Å². The predicted molar refractivity (Wildman–Crippen MR) is 108 cm³/mol. The van der Waals surface area contributed by atoms with Crippen LogP contribution in [0.3, 0.4) is 0 Å². The zero-order valence-electron chi connectivity index (χ0n) is 17.1. The Balaban J connectivity index is 1.64. The van der Waals surface area contributed by atoms with Gasteiger partial charge in [-0.05, 0) is 36.4 Å². The summed E-state index contributed by atoms with van der Waals surface area (Å²) in [6, 6.07) is 4.41. The fraction of sp³-hybridized carbons (Fsp3) is 0.300. The summed E-state index contributed by atoms with van der Waals surface area (Å²) in [6.45, 7) is 0. The minimum absolute atomic E-state index is 0.135. The van der Waals surface area contributed by atoms with Gasteiger partial charge in [0, 0.05) is 19.2 Å². The summed E-state index contributed by atoms with van der Waals surface area (Å²) in [7, 11) is 1.27. The molecule has 182 valence electrons. The van der Waals surface area contributed by atoms with Gasteiger partial charge in [0.2, 0.25) is 0 Å². The molecular formula is C20H15ClF6N4O3. The number of aromatic nitrogens is 2. The number of halogens is 7. The van der Waals surface area contributed by atoms with Gasteiger partial charge in [0.05, 0.1) is 12.3 Å². The van der Waals surface area contributed by atoms with E-state index in [1.807, 2.05) is 0 Å². The molecule has 34 heavy (non-hydrogen) atoms. The molecule has 1 amide bonds. The van der Waals surface area contributed by atoms with Crippen molar-refractivity contribution in [2.24, 2.45) is 0 Å². The summed E-state index contributed by atoms with van der Waals surface area (Å²) < 4.78 is 88.0. The molecule has 7 nitrogen and oxygen atoms in total. The zero-order valence-corrected chi connectivity index (χ0v) is 17.9. The Labute approximate surface area is 192 Å². The van der Waals surface area contributed by atoms with Crippen LogP contribution in [0.15, 0.2) is 47.1 Å². The summed E-state index contributed by atoms with van der Waals surface area (Å²) in [6.07, 6.45) is -8.71. The molecule has 0 fully saturated rings. The molecule has 2 atom stereocenters. The van der Waals surface area contributed by atoms with E-state index in [2.05, 4.69) is 15.2 Å². The molecule has 0 unspecified atom stereocenters. The number of hydrogen-bond donors (Lipinski definition) is 1. The van der Waals surface area contributed by atoms with E-state index in [4.69, 9.17) is 16.0 Å². The summed E-state index contributed by atoms with van der Waals surface area (Å²) in [4.78, 5) is 14.0. The molecule has 1 aromatic carbocycles. The van der Waals surface area contributed by atoms with Crippen LogP contribution in [0.2, 0.25) is 5.02 Å². The van der Waals surface area contributed by atoms with Crippen LogP contribution in [-0.2, 0) is 0 Å². The van der Waals surface area contributed by atoms with Gasteiger partial charge in [0.1, 0.15) is 22.4 Å². The van der Waals surface area contributed by atoms with Crippen LogP contribution in [0.4, 0.5) is 37.8 Å². The highest BCUT2D eigenvalue weighted by Gasteiger charge is 2.48. The van der Waals surface area contributed by atoms with Gasteiger partial charge in [-0.15, -0.1) is 13.2 Å². The summed E-state index contributed by atoms with van der Waals surface area (Å²) in [5.41, 5.74) is -0.327. The van der Waals surface area contributed by atoms with E-state index in [-0.39, 0.29) is 22.3 Å². The molecule has 14 heteroatoms. The fourth-order valence-electron chi connectivity index (χ4n) is 3.55. The molecule has 0 saturated heterocycles. The Hall–Kier alpha value is -3.35. The summed E-state index contributed by atoms with van der Waals surface area (Å²) in [5.74, 6) is -1.33. The van der Waals surface area contributed by atoms with Gasteiger partial charge < -0.3 is 19.4 Å². The van der Waals surface area contributed by atoms with Crippen LogP contribution in [0.25, 0.3) is 0 Å². The lowest BCUT2D eigenvalue weighted by atomic mass is 10.0. The first-order valence-electron chi connectivity index (χ1n) is 9.63. The minimum Gasteiger partial charge on any atom is -0.467 e. The molecule has 0 bridgehead atoms. The normalized spacial score (nSPS) is 18.2. The molecule has 2 aromatic heterocycles. The number of ether oxygens (including phenoxy) is 1. The molecule has 0 saturated carbocycles. The molecule has 0 spiro atoms. The van der Waals surface area contributed by atoms with E-state index in [9.17, 15) is 31.1 Å². The van der Waals surface area contributed by atoms with Gasteiger partial charge in [0.15, 0.2) is 11.7 Å². The molecule has 3 heterocycles. The van der Waals surface area contributed by atoms with Crippen molar-refractivity contribution >= 4 is 29.0 Å². The topological polar surface area (TPSA) is 72.5 Å². The molecule has 1 aliphatic rings. The Morgan fingerprint density at radius 2 is 1.88 bits per heavy atom. The Morgan fingerprint density at radius 1 is 1.21 bits per heavy atom. The second kappa shape index (κ2) is 8.46. The summed E-state index contributed by atoms with van der Waals surface area (Å²) >= 11 is 6.27. The Morgan fingerprint density at radius 3 is 2.44 bits per heavy atom. The van der Waals surface area contributed by atoms with Crippen LogP contribution in [0, 0.1) is 0 Å². The lowest BCUT2D eigenvalue weighted by Gasteiger charge is -2.32. The van der Waals surface area contributed by atoms with Crippen LogP contribution in [0.1, 0.15) is 34.8 Å². The maximum atomic E-state index is 13.8. The van der Waals surface area contributed by atoms with E-state index in [0.29, 0.717) is 4.68 Å². The average Bonchev–Trinajstić information content (AvgIpc) is 3.39. The smallest absolute Gasteiger partial charge is 0.467 e. The third kappa shape index (κ3) is 4.65. The number of furan rings is 1. The van der Waals surface area contributed by atoms with E-state index in [0.717, 1.165) is 17.0 Å². The van der Waals surface area contributed by atoms with Gasteiger partial charge in [-0.2, -0.15) is 18.3 Å². The molecular weight excluding hydrogens is 494 g/mol. The Bertz CT molecular complexity index is 1170. The summed E-state index contributed by atoms with van der Waals surface area (Å²) in [5, 5.41) is 6.33. The van der Waals surface area contributed by atoms with Gasteiger partial charge in [-0.25, -0.2) is 4.68 Å². The monoisotopic (exact) mass is 508 g/mol. The second-order valence-electron chi connectivity index (χ2n) is 7.37. The SMILES string of the molecule is CN(C(=O)c1nn2c(c1Cl)N[C@@H](c1ccco1)C[C@H]2C(F)(F)F)c1ccc(OC(F)(F)F)cc1. The van der Waals surface area contributed by atoms with Crippen LogP contribution in [0.5, 0.6) is 5.75 Å². The van der Waals surface area contributed by atoms with Crippen molar-refractivity contribution in [3.05, 3.63) is 59.1 Å². The van der Waals surface area contributed by atoms with E-state index in [1.54, 1.807) is 0 Å². The number of benzene rings is 1. The highest BCUT2D eigenvalue weighted by atomic mass is 35.5. The Kier molecular flexibility index (Phi) is 5.92. The van der Waals surface area contributed by atoms with Crippen molar-refractivity contribution in [2.45, 2.75) is 31.0 Å². The highest BCUT2D eigenvalue weighted by Crippen LogP contribution is 2.46. The molecule has 0 radical (unpaired) electrons. The number of hydrogen-bond acceptors (Lipinski definition) is 5. The molecule has 1 aliphatic heterocycles. The quantitative estimate of drug-likeness (QED) is 0.440. The molecule has 0 aliphatic carbocycles.